The number of aliphatic carboxylic acids is 1. The van der Waals surface area contributed by atoms with Gasteiger partial charge in [0.2, 0.25) is 11.7 Å². The van der Waals surface area contributed by atoms with E-state index in [2.05, 4.69) is 10.6 Å². The van der Waals surface area contributed by atoms with Crippen molar-refractivity contribution in [3.63, 3.8) is 0 Å². The fourth-order valence-electron chi connectivity index (χ4n) is 4.51. The summed E-state index contributed by atoms with van der Waals surface area (Å²) in [6.07, 6.45) is -0.546. The fourth-order valence-corrected chi connectivity index (χ4v) is 4.51. The molecule has 0 unspecified atom stereocenters. The normalized spacial score (nSPS) is 14.2. The number of halogens is 3. The Kier molecular flexibility index (Phi) is 10.7. The number of carbonyl (C=O) groups excluding carboxylic acids is 4. The van der Waals surface area contributed by atoms with E-state index >= 15 is 0 Å². The van der Waals surface area contributed by atoms with Crippen LogP contribution in [0.25, 0.3) is 0 Å². The number of aryl methyl sites for hydroxylation is 3. The molecule has 1 fully saturated rings. The van der Waals surface area contributed by atoms with Crippen LogP contribution in [-0.2, 0) is 30.5 Å². The highest BCUT2D eigenvalue weighted by atomic mass is 19.2. The monoisotopic (exact) mass is 591 g/mol. The third-order valence-corrected chi connectivity index (χ3v) is 7.03. The second-order valence-corrected chi connectivity index (χ2v) is 10.2. The van der Waals surface area contributed by atoms with Crippen LogP contribution in [0.15, 0.2) is 24.3 Å². The molecule has 0 bridgehead atoms. The number of carbonyl (C=O) groups is 5. The molecule has 1 saturated heterocycles. The van der Waals surface area contributed by atoms with Gasteiger partial charge >= 0.3 is 17.8 Å². The van der Waals surface area contributed by atoms with Crippen LogP contribution >= 0.6 is 0 Å². The molecule has 13 heteroatoms. The molecule has 42 heavy (non-hydrogen) atoms. The van der Waals surface area contributed by atoms with Gasteiger partial charge in [-0.15, -0.1) is 0 Å². The number of amides is 3. The van der Waals surface area contributed by atoms with Gasteiger partial charge in [-0.2, -0.15) is 4.39 Å². The maximum Gasteiger partial charge on any atom is 0.311 e. The van der Waals surface area contributed by atoms with Crippen molar-refractivity contribution in [3.05, 3.63) is 64.0 Å². The Morgan fingerprint density at radius 3 is 2.31 bits per heavy atom. The number of likely N-dealkylation sites (tertiary alicyclic amines) is 1. The first-order valence-corrected chi connectivity index (χ1v) is 13.2. The lowest BCUT2D eigenvalue weighted by molar-refractivity contribution is -0.147. The van der Waals surface area contributed by atoms with Crippen LogP contribution in [0.4, 0.5) is 13.2 Å². The Labute approximate surface area is 240 Å². The highest BCUT2D eigenvalue weighted by Crippen LogP contribution is 2.27. The molecule has 226 valence electrons. The number of piperidine rings is 1. The fraction of sp³-hybridized carbons (Fsp3) is 0.414. The number of nitrogens with one attached hydrogen (secondary N) is 2. The van der Waals surface area contributed by atoms with E-state index in [1.807, 2.05) is 32.0 Å². The van der Waals surface area contributed by atoms with E-state index in [0.717, 1.165) is 23.6 Å². The number of hydrogen-bond acceptors (Lipinski definition) is 6. The lowest BCUT2D eigenvalue weighted by Crippen LogP contribution is -2.50. The molecule has 10 nitrogen and oxygen atoms in total. The number of carboxylic acids is 1. The van der Waals surface area contributed by atoms with Gasteiger partial charge in [0.15, 0.2) is 23.2 Å². The number of benzene rings is 2. The SMILES string of the molecule is Cc1ccc(C)c(CNC(=O)C(=O)N2CCC(C(=O)N[C@@H](CC(=O)O)C(=O)COc3c(F)c(C)cc(F)c3F)CC2)c1. The first-order valence-electron chi connectivity index (χ1n) is 13.2. The number of rotatable bonds is 10. The zero-order valence-electron chi connectivity index (χ0n) is 23.4. The van der Waals surface area contributed by atoms with E-state index < -0.39 is 77.7 Å². The number of hydrogen-bond donors (Lipinski definition) is 3. The molecule has 0 radical (unpaired) electrons. The van der Waals surface area contributed by atoms with E-state index in [1.54, 1.807) is 0 Å². The van der Waals surface area contributed by atoms with E-state index in [-0.39, 0.29) is 38.0 Å². The Hall–Kier alpha value is -4.42. The Morgan fingerprint density at radius 2 is 1.67 bits per heavy atom. The van der Waals surface area contributed by atoms with Crippen LogP contribution in [0.5, 0.6) is 5.75 Å². The molecule has 0 spiro atoms. The Bertz CT molecular complexity index is 1360. The van der Waals surface area contributed by atoms with Crippen LogP contribution < -0.4 is 15.4 Å². The minimum absolute atomic E-state index is 0.0753. The van der Waals surface area contributed by atoms with Gasteiger partial charge in [-0.3, -0.25) is 24.0 Å². The highest BCUT2D eigenvalue weighted by molar-refractivity contribution is 6.35. The predicted octanol–water partition coefficient (Wildman–Crippen LogP) is 2.49. The van der Waals surface area contributed by atoms with Gasteiger partial charge in [-0.25, -0.2) is 8.78 Å². The molecule has 3 rings (SSSR count). The minimum Gasteiger partial charge on any atom is -0.481 e. The summed E-state index contributed by atoms with van der Waals surface area (Å²) in [7, 11) is 0. The van der Waals surface area contributed by atoms with Crippen LogP contribution in [0.1, 0.15) is 41.5 Å². The Morgan fingerprint density at radius 1 is 1.00 bits per heavy atom. The van der Waals surface area contributed by atoms with E-state index in [9.17, 15) is 42.3 Å². The molecule has 0 aromatic heterocycles. The first kappa shape index (κ1) is 32.1. The number of nitrogens with zero attached hydrogens (tertiary/aromatic N) is 1. The van der Waals surface area contributed by atoms with Crippen molar-refractivity contribution in [1.29, 1.82) is 0 Å². The summed E-state index contributed by atoms with van der Waals surface area (Å²) in [6, 6.07) is 4.80. The zero-order valence-corrected chi connectivity index (χ0v) is 23.4. The summed E-state index contributed by atoms with van der Waals surface area (Å²) in [6.45, 7) is 4.28. The number of carboxylic acid groups (broad SMARTS) is 1. The summed E-state index contributed by atoms with van der Waals surface area (Å²) in [5, 5.41) is 14.1. The lowest BCUT2D eigenvalue weighted by atomic mass is 9.95. The van der Waals surface area contributed by atoms with Crippen molar-refractivity contribution < 1.29 is 47.0 Å². The van der Waals surface area contributed by atoms with Gasteiger partial charge in [0.25, 0.3) is 0 Å². The molecule has 3 amide bonds. The van der Waals surface area contributed by atoms with Gasteiger partial charge < -0.3 is 25.4 Å². The molecule has 0 saturated carbocycles. The number of ether oxygens (including phenoxy) is 1. The van der Waals surface area contributed by atoms with Crippen molar-refractivity contribution in [1.82, 2.24) is 15.5 Å². The van der Waals surface area contributed by atoms with E-state index in [4.69, 9.17) is 4.74 Å². The van der Waals surface area contributed by atoms with Gasteiger partial charge in [-0.1, -0.05) is 23.8 Å². The predicted molar refractivity (Wildman–Crippen MR) is 143 cm³/mol. The standard InChI is InChI=1S/C29H32F3N3O7/c1-15-4-5-16(2)19(10-15)13-33-28(40)29(41)35-8-6-18(7-9-35)27(39)34-21(12-23(37)38)22(36)14-42-26-24(31)17(3)11-20(30)25(26)32/h4-5,10-11,18,21H,6-9,12-14H2,1-3H3,(H,33,40)(H,34,39)(H,37,38)/t21-/m0/s1. The van der Waals surface area contributed by atoms with Crippen LogP contribution in [0.2, 0.25) is 0 Å². The van der Waals surface area contributed by atoms with Gasteiger partial charge in [0.05, 0.1) is 6.42 Å². The molecule has 1 heterocycles. The summed E-state index contributed by atoms with van der Waals surface area (Å²) in [5.74, 6) is -10.7. The van der Waals surface area contributed by atoms with Crippen LogP contribution in [0.3, 0.4) is 0 Å². The summed E-state index contributed by atoms with van der Waals surface area (Å²) >= 11 is 0. The molecule has 3 N–H and O–H groups in total. The molecular weight excluding hydrogens is 559 g/mol. The molecule has 1 aliphatic rings. The van der Waals surface area contributed by atoms with Crippen molar-refractivity contribution in [2.45, 2.75) is 52.6 Å². The molecule has 0 aliphatic carbocycles. The smallest absolute Gasteiger partial charge is 0.311 e. The van der Waals surface area contributed by atoms with Crippen molar-refractivity contribution in [2.24, 2.45) is 5.92 Å². The minimum atomic E-state index is -1.65. The first-order chi connectivity index (χ1) is 19.8. The van der Waals surface area contributed by atoms with Crippen molar-refractivity contribution >= 4 is 29.5 Å². The van der Waals surface area contributed by atoms with Gasteiger partial charge in [0, 0.05) is 25.6 Å². The maximum absolute atomic E-state index is 14.2. The largest absolute Gasteiger partial charge is 0.481 e. The Balaban J connectivity index is 1.54. The van der Waals surface area contributed by atoms with Crippen molar-refractivity contribution in [3.8, 4) is 5.75 Å². The van der Waals surface area contributed by atoms with Crippen LogP contribution in [0, 0.1) is 44.1 Å². The zero-order chi connectivity index (χ0) is 31.1. The molecule has 1 atom stereocenters. The number of ketones is 1. The molecule has 2 aromatic rings. The second-order valence-electron chi connectivity index (χ2n) is 10.2. The molecule has 2 aromatic carbocycles. The quantitative estimate of drug-likeness (QED) is 0.285. The van der Waals surface area contributed by atoms with E-state index in [1.165, 1.54) is 4.90 Å². The second kappa shape index (κ2) is 14.0. The average Bonchev–Trinajstić information content (AvgIpc) is 2.95. The number of Topliss-reactive ketones (excluding diaryl/α,β-unsaturated/α-hetero) is 1. The van der Waals surface area contributed by atoms with Gasteiger partial charge in [-0.05, 0) is 56.4 Å². The molecular formula is C29H32F3N3O7. The van der Waals surface area contributed by atoms with E-state index in [0.29, 0.717) is 6.07 Å². The van der Waals surface area contributed by atoms with Gasteiger partial charge in [0.1, 0.15) is 12.6 Å². The maximum atomic E-state index is 14.2. The van der Waals surface area contributed by atoms with Crippen molar-refractivity contribution in [2.75, 3.05) is 19.7 Å². The topological polar surface area (TPSA) is 142 Å². The van der Waals surface area contributed by atoms with Crippen LogP contribution in [-0.4, -0.2) is 65.2 Å². The average molecular weight is 592 g/mol. The summed E-state index contributed by atoms with van der Waals surface area (Å²) < 4.78 is 46.6. The highest BCUT2D eigenvalue weighted by Gasteiger charge is 2.33. The summed E-state index contributed by atoms with van der Waals surface area (Å²) in [4.78, 5) is 63.2. The third-order valence-electron chi connectivity index (χ3n) is 7.03. The lowest BCUT2D eigenvalue weighted by Gasteiger charge is -2.31. The molecule has 1 aliphatic heterocycles. The third kappa shape index (κ3) is 8.08. The summed E-state index contributed by atoms with van der Waals surface area (Å²) in [5.41, 5.74) is 2.59.